The molecule has 0 aliphatic heterocycles. The fourth-order valence-electron chi connectivity index (χ4n) is 2.99. The average Bonchev–Trinajstić information content (AvgIpc) is 2.86. The van der Waals surface area contributed by atoms with E-state index in [1.54, 1.807) is 10.9 Å². The van der Waals surface area contributed by atoms with Crippen molar-refractivity contribution < 1.29 is 10.0 Å². The number of amides is 1. The van der Waals surface area contributed by atoms with Crippen LogP contribution in [0.1, 0.15) is 44.7 Å². The van der Waals surface area contributed by atoms with Crippen molar-refractivity contribution in [2.45, 2.75) is 45.4 Å². The summed E-state index contributed by atoms with van der Waals surface area (Å²) in [6.07, 6.45) is 6.59. The number of oxime groups is 1. The van der Waals surface area contributed by atoms with E-state index in [1.807, 2.05) is 14.0 Å². The third-order valence-corrected chi connectivity index (χ3v) is 4.23. The Hall–Kier alpha value is -2.05. The Morgan fingerprint density at radius 1 is 1.52 bits per heavy atom. The fraction of sp³-hybridized carbons (Fsp3) is 0.643. The number of aromatic nitrogens is 2. The maximum absolute atomic E-state index is 12.7. The van der Waals surface area contributed by atoms with Crippen LogP contribution in [0.15, 0.2) is 11.4 Å². The van der Waals surface area contributed by atoms with Crippen molar-refractivity contribution in [3.8, 4) is 0 Å². The van der Waals surface area contributed by atoms with Gasteiger partial charge in [-0.15, -0.1) is 0 Å². The molecule has 0 bridgehead atoms. The van der Waals surface area contributed by atoms with Crippen molar-refractivity contribution >= 4 is 17.4 Å². The molecule has 1 aliphatic carbocycles. The van der Waals surface area contributed by atoms with Gasteiger partial charge in [-0.25, -0.2) is 0 Å². The van der Waals surface area contributed by atoms with Crippen LogP contribution in [0.3, 0.4) is 0 Å². The van der Waals surface area contributed by atoms with Crippen molar-refractivity contribution in [2.24, 2.45) is 23.4 Å². The summed E-state index contributed by atoms with van der Waals surface area (Å²) in [6.45, 7) is 1.98. The minimum atomic E-state index is -0.909. The molecule has 1 aromatic rings. The molecule has 2 rings (SSSR count). The number of nitrogens with one attached hydrogen (secondary N) is 1. The zero-order valence-electron chi connectivity index (χ0n) is 12.6. The molecule has 0 saturated heterocycles. The highest BCUT2D eigenvalue weighted by Gasteiger charge is 2.44. The molecule has 7 nitrogen and oxygen atoms in total. The Morgan fingerprint density at radius 2 is 2.19 bits per heavy atom. The van der Waals surface area contributed by atoms with E-state index in [0.29, 0.717) is 18.5 Å². The van der Waals surface area contributed by atoms with Crippen LogP contribution < -0.4 is 11.1 Å². The largest absolute Gasteiger partial charge is 0.409 e. The number of nitrogens with zero attached hydrogens (tertiary/aromatic N) is 3. The number of hydrogen-bond donors (Lipinski definition) is 3. The molecular formula is C14H23N5O2. The molecule has 4 N–H and O–H groups in total. The summed E-state index contributed by atoms with van der Waals surface area (Å²) in [4.78, 5) is 12.7. The number of amidine groups is 1. The molecule has 0 spiro atoms. The Balaban J connectivity index is 2.26. The van der Waals surface area contributed by atoms with E-state index in [0.717, 1.165) is 31.4 Å². The molecule has 21 heavy (non-hydrogen) atoms. The van der Waals surface area contributed by atoms with E-state index >= 15 is 0 Å². The molecule has 0 radical (unpaired) electrons. The van der Waals surface area contributed by atoms with Gasteiger partial charge in [0.25, 0.3) is 0 Å². The number of aryl methyl sites for hydroxylation is 2. The molecule has 1 fully saturated rings. The summed E-state index contributed by atoms with van der Waals surface area (Å²) in [5.41, 5.74) is 6.45. The zero-order valence-corrected chi connectivity index (χ0v) is 12.6. The number of rotatable bonds is 4. The Kier molecular flexibility index (Phi) is 4.50. The number of nitrogens with two attached hydrogens (primary N) is 1. The minimum Gasteiger partial charge on any atom is -0.409 e. The maximum atomic E-state index is 12.7. The monoisotopic (exact) mass is 293 g/mol. The first kappa shape index (κ1) is 15.3. The van der Waals surface area contributed by atoms with Gasteiger partial charge >= 0.3 is 0 Å². The molecule has 0 unspecified atom stereocenters. The van der Waals surface area contributed by atoms with Crippen LogP contribution in [0.4, 0.5) is 5.69 Å². The van der Waals surface area contributed by atoms with Crippen LogP contribution in [0.25, 0.3) is 0 Å². The average molecular weight is 293 g/mol. The summed E-state index contributed by atoms with van der Waals surface area (Å²) in [5.74, 6) is -0.207. The lowest BCUT2D eigenvalue weighted by Crippen LogP contribution is -2.48. The normalized spacial score (nSPS) is 18.5. The van der Waals surface area contributed by atoms with Gasteiger partial charge in [0.15, 0.2) is 5.84 Å². The van der Waals surface area contributed by atoms with Gasteiger partial charge in [0, 0.05) is 13.2 Å². The molecule has 0 aromatic carbocycles. The number of hydrogen-bond acceptors (Lipinski definition) is 4. The first-order valence-electron chi connectivity index (χ1n) is 7.35. The first-order chi connectivity index (χ1) is 10.0. The summed E-state index contributed by atoms with van der Waals surface area (Å²) >= 11 is 0. The second kappa shape index (κ2) is 6.15. The third-order valence-electron chi connectivity index (χ3n) is 4.23. The highest BCUT2D eigenvalue weighted by Crippen LogP contribution is 2.38. The lowest BCUT2D eigenvalue weighted by molar-refractivity contribution is -0.123. The number of carbonyl (C=O) groups is 1. The van der Waals surface area contributed by atoms with Crippen molar-refractivity contribution in [3.05, 3.63) is 11.9 Å². The minimum absolute atomic E-state index is 0.00152. The van der Waals surface area contributed by atoms with Crippen LogP contribution in [-0.4, -0.2) is 26.7 Å². The topological polar surface area (TPSA) is 106 Å². The van der Waals surface area contributed by atoms with E-state index < -0.39 is 5.41 Å². The van der Waals surface area contributed by atoms with Gasteiger partial charge < -0.3 is 16.3 Å². The van der Waals surface area contributed by atoms with Crippen LogP contribution in [0, 0.1) is 5.41 Å². The van der Waals surface area contributed by atoms with Crippen LogP contribution in [0.5, 0.6) is 0 Å². The molecule has 0 atom stereocenters. The van der Waals surface area contributed by atoms with Crippen LogP contribution in [0.2, 0.25) is 0 Å². The highest BCUT2D eigenvalue weighted by atomic mass is 16.4. The Bertz CT molecular complexity index is 544. The predicted molar refractivity (Wildman–Crippen MR) is 80.1 cm³/mol. The SMILES string of the molecule is CCc1nn(C)cc1NC(=O)C1(/C(N)=N/O)CCCCC1. The quantitative estimate of drug-likeness (QED) is 0.339. The zero-order chi connectivity index (χ0) is 15.5. The molecule has 1 aromatic heterocycles. The molecule has 1 amide bonds. The van der Waals surface area contributed by atoms with E-state index in [-0.39, 0.29) is 11.7 Å². The van der Waals surface area contributed by atoms with Gasteiger partial charge in [-0.05, 0) is 19.3 Å². The summed E-state index contributed by atoms with van der Waals surface area (Å²) in [7, 11) is 1.81. The number of anilines is 1. The van der Waals surface area contributed by atoms with Gasteiger partial charge in [0.05, 0.1) is 11.4 Å². The van der Waals surface area contributed by atoms with Crippen LogP contribution >= 0.6 is 0 Å². The fourth-order valence-corrected chi connectivity index (χ4v) is 2.99. The number of carbonyl (C=O) groups excluding carboxylic acids is 1. The second-order valence-corrected chi connectivity index (χ2v) is 5.60. The van der Waals surface area contributed by atoms with E-state index in [4.69, 9.17) is 10.9 Å². The van der Waals surface area contributed by atoms with E-state index in [1.165, 1.54) is 0 Å². The van der Waals surface area contributed by atoms with E-state index in [9.17, 15) is 4.79 Å². The molecular weight excluding hydrogens is 270 g/mol. The molecule has 1 heterocycles. The van der Waals surface area contributed by atoms with Crippen molar-refractivity contribution in [1.29, 1.82) is 0 Å². The first-order valence-corrected chi connectivity index (χ1v) is 7.35. The molecule has 1 aliphatic rings. The van der Waals surface area contributed by atoms with E-state index in [2.05, 4.69) is 15.6 Å². The van der Waals surface area contributed by atoms with Gasteiger partial charge in [-0.2, -0.15) is 5.10 Å². The van der Waals surface area contributed by atoms with Gasteiger partial charge in [0.2, 0.25) is 5.91 Å². The van der Waals surface area contributed by atoms with Crippen molar-refractivity contribution in [1.82, 2.24) is 9.78 Å². The maximum Gasteiger partial charge on any atom is 0.238 e. The van der Waals surface area contributed by atoms with Gasteiger partial charge in [-0.1, -0.05) is 31.3 Å². The Labute approximate surface area is 124 Å². The molecule has 1 saturated carbocycles. The molecule has 7 heteroatoms. The Morgan fingerprint density at radius 3 is 2.76 bits per heavy atom. The second-order valence-electron chi connectivity index (χ2n) is 5.60. The van der Waals surface area contributed by atoms with Crippen LogP contribution in [-0.2, 0) is 18.3 Å². The smallest absolute Gasteiger partial charge is 0.238 e. The van der Waals surface area contributed by atoms with Crippen molar-refractivity contribution in [2.75, 3.05) is 5.32 Å². The predicted octanol–water partition coefficient (Wildman–Crippen LogP) is 1.62. The third kappa shape index (κ3) is 2.86. The summed E-state index contributed by atoms with van der Waals surface area (Å²) in [5, 5.41) is 19.4. The summed E-state index contributed by atoms with van der Waals surface area (Å²) in [6, 6.07) is 0. The van der Waals surface area contributed by atoms with Crippen molar-refractivity contribution in [3.63, 3.8) is 0 Å². The molecule has 116 valence electrons. The lowest BCUT2D eigenvalue weighted by atomic mass is 9.72. The standard InChI is InChI=1S/C14H23N5O2/c1-3-10-11(9-19(2)17-10)16-13(20)14(12(15)18-21)7-5-4-6-8-14/h9,21H,3-8H2,1-2H3,(H2,15,18)(H,16,20). The lowest BCUT2D eigenvalue weighted by Gasteiger charge is -2.34. The summed E-state index contributed by atoms with van der Waals surface area (Å²) < 4.78 is 1.67. The van der Waals surface area contributed by atoms with Gasteiger partial charge in [0.1, 0.15) is 5.41 Å². The van der Waals surface area contributed by atoms with Gasteiger partial charge in [-0.3, -0.25) is 9.48 Å². The highest BCUT2D eigenvalue weighted by molar-refractivity contribution is 6.12.